The molecule has 2 aliphatic rings. The number of aliphatic hydroxyl groups is 1. The molecule has 2 heterocycles. The van der Waals surface area contributed by atoms with Crippen molar-refractivity contribution in [1.29, 1.82) is 0 Å². The van der Waals surface area contributed by atoms with Gasteiger partial charge in [0.25, 0.3) is 0 Å². The molecule has 3 rings (SSSR count). The first kappa shape index (κ1) is 22.0. The molecule has 2 N–H and O–H groups in total. The van der Waals surface area contributed by atoms with E-state index in [1.54, 1.807) is 10.4 Å². The summed E-state index contributed by atoms with van der Waals surface area (Å²) in [7, 11) is 0. The fourth-order valence-electron chi connectivity index (χ4n) is 3.46. The second-order valence-corrected chi connectivity index (χ2v) is 7.91. The Balaban J connectivity index is 0.000000567. The van der Waals surface area contributed by atoms with E-state index in [2.05, 4.69) is 29.8 Å². The number of anilines is 1. The highest BCUT2D eigenvalue weighted by Crippen LogP contribution is 2.34. The van der Waals surface area contributed by atoms with Crippen molar-refractivity contribution in [2.24, 2.45) is 5.92 Å². The number of nitrogens with zero attached hydrogens (tertiary/aromatic N) is 1. The summed E-state index contributed by atoms with van der Waals surface area (Å²) in [5.74, 6) is 0.883. The highest BCUT2D eigenvalue weighted by atomic mass is 32.1. The van der Waals surface area contributed by atoms with Gasteiger partial charge in [0.15, 0.2) is 0 Å². The summed E-state index contributed by atoms with van der Waals surface area (Å²) in [6.45, 7) is 14.4. The number of aryl methyl sites for hydroxylation is 1. The van der Waals surface area contributed by atoms with Crippen LogP contribution in [0, 0.1) is 5.92 Å². The minimum absolute atomic E-state index is 0.750. The Kier molecular flexibility index (Phi) is 11.7. The Morgan fingerprint density at radius 3 is 2.68 bits per heavy atom. The van der Waals surface area contributed by atoms with Gasteiger partial charge in [-0.25, -0.2) is 0 Å². The summed E-state index contributed by atoms with van der Waals surface area (Å²) >= 11 is 2.00. The number of thiophene rings is 1. The highest BCUT2D eigenvalue weighted by molar-refractivity contribution is 7.16. The van der Waals surface area contributed by atoms with Crippen LogP contribution in [0.3, 0.4) is 0 Å². The van der Waals surface area contributed by atoms with Crippen LogP contribution in [0.2, 0.25) is 0 Å². The van der Waals surface area contributed by atoms with Gasteiger partial charge in [0, 0.05) is 11.4 Å². The average Bonchev–Trinajstić information content (AvgIpc) is 3.04. The molecule has 1 saturated heterocycles. The molecule has 0 aromatic carbocycles. The molecule has 1 aromatic heterocycles. The molecule has 3 nitrogen and oxygen atoms in total. The Labute approximate surface area is 159 Å². The first-order chi connectivity index (χ1) is 12.2. The van der Waals surface area contributed by atoms with Crippen LogP contribution in [0.1, 0.15) is 63.3 Å². The van der Waals surface area contributed by atoms with Crippen LogP contribution in [0.5, 0.6) is 0 Å². The van der Waals surface area contributed by atoms with E-state index < -0.39 is 0 Å². The number of hydrogen-bond acceptors (Lipinski definition) is 4. The third-order valence-corrected chi connectivity index (χ3v) is 5.89. The van der Waals surface area contributed by atoms with E-state index in [4.69, 9.17) is 5.11 Å². The van der Waals surface area contributed by atoms with Crippen molar-refractivity contribution in [1.82, 2.24) is 4.90 Å². The van der Waals surface area contributed by atoms with Gasteiger partial charge in [-0.05, 0) is 75.7 Å². The SMILES string of the molecule is C=CO.CC.CC1CCc2cc(NCCCN3CCCCC3)sc2C1. The zero-order valence-electron chi connectivity index (χ0n) is 16.5. The molecule has 0 amide bonds. The van der Waals surface area contributed by atoms with E-state index >= 15 is 0 Å². The molecule has 144 valence electrons. The number of aliphatic hydroxyl groups excluding tert-OH is 1. The van der Waals surface area contributed by atoms with Gasteiger partial charge in [-0.2, -0.15) is 0 Å². The van der Waals surface area contributed by atoms with Gasteiger partial charge < -0.3 is 15.3 Å². The third kappa shape index (κ3) is 8.28. The number of rotatable bonds is 5. The van der Waals surface area contributed by atoms with Gasteiger partial charge in [-0.3, -0.25) is 0 Å². The number of hydrogen-bond donors (Lipinski definition) is 2. The topological polar surface area (TPSA) is 35.5 Å². The van der Waals surface area contributed by atoms with Gasteiger partial charge >= 0.3 is 0 Å². The fraction of sp³-hybridized carbons (Fsp3) is 0.714. The summed E-state index contributed by atoms with van der Waals surface area (Å²) in [6, 6.07) is 2.41. The van der Waals surface area contributed by atoms with Crippen LogP contribution < -0.4 is 5.32 Å². The zero-order chi connectivity index (χ0) is 18.5. The van der Waals surface area contributed by atoms with Crippen LogP contribution in [0.4, 0.5) is 5.00 Å². The third-order valence-electron chi connectivity index (χ3n) is 4.74. The highest BCUT2D eigenvalue weighted by Gasteiger charge is 2.18. The molecule has 1 aliphatic carbocycles. The van der Waals surface area contributed by atoms with E-state index in [1.807, 2.05) is 25.2 Å². The molecule has 25 heavy (non-hydrogen) atoms. The van der Waals surface area contributed by atoms with Gasteiger partial charge in [0.2, 0.25) is 0 Å². The van der Waals surface area contributed by atoms with Crippen LogP contribution in [-0.4, -0.2) is 36.2 Å². The van der Waals surface area contributed by atoms with Crippen molar-refractivity contribution >= 4 is 16.3 Å². The Morgan fingerprint density at radius 1 is 1.32 bits per heavy atom. The lowest BCUT2D eigenvalue weighted by atomic mass is 9.91. The normalized spacial score (nSPS) is 19.6. The number of fused-ring (bicyclic) bond motifs is 1. The van der Waals surface area contributed by atoms with Crippen molar-refractivity contribution in [3.05, 3.63) is 29.3 Å². The maximum absolute atomic E-state index is 7.33. The monoisotopic (exact) mass is 366 g/mol. The average molecular weight is 367 g/mol. The summed E-state index contributed by atoms with van der Waals surface area (Å²) in [5.41, 5.74) is 1.62. The summed E-state index contributed by atoms with van der Waals surface area (Å²) in [6.07, 6.45) is 10.2. The van der Waals surface area contributed by atoms with Gasteiger partial charge in [-0.1, -0.05) is 33.8 Å². The summed E-state index contributed by atoms with van der Waals surface area (Å²) in [4.78, 5) is 4.27. The number of piperidine rings is 1. The quantitative estimate of drug-likeness (QED) is 0.505. The first-order valence-electron chi connectivity index (χ1n) is 10.1. The van der Waals surface area contributed by atoms with Gasteiger partial charge in [-0.15, -0.1) is 11.3 Å². The molecule has 0 bridgehead atoms. The molecule has 0 spiro atoms. The Bertz CT molecular complexity index is 466. The summed E-state index contributed by atoms with van der Waals surface area (Å²) in [5, 5.41) is 12.4. The second kappa shape index (κ2) is 13.2. The smallest absolute Gasteiger partial charge is 0.0888 e. The van der Waals surface area contributed by atoms with Crippen LogP contribution in [-0.2, 0) is 12.8 Å². The maximum atomic E-state index is 7.33. The van der Waals surface area contributed by atoms with E-state index in [0.717, 1.165) is 18.7 Å². The van der Waals surface area contributed by atoms with Gasteiger partial charge in [0.1, 0.15) is 0 Å². The molecule has 1 aromatic rings. The largest absolute Gasteiger partial charge is 0.516 e. The van der Waals surface area contributed by atoms with Crippen LogP contribution in [0.15, 0.2) is 18.9 Å². The molecular formula is C21H38N2OS. The van der Waals surface area contributed by atoms with E-state index in [9.17, 15) is 0 Å². The molecule has 1 atom stereocenters. The van der Waals surface area contributed by atoms with Crippen molar-refractivity contribution < 1.29 is 5.11 Å². The van der Waals surface area contributed by atoms with E-state index in [0.29, 0.717) is 0 Å². The fourth-order valence-corrected chi connectivity index (χ4v) is 4.76. The molecule has 0 radical (unpaired) electrons. The Morgan fingerprint density at radius 2 is 2.00 bits per heavy atom. The number of nitrogens with one attached hydrogen (secondary N) is 1. The molecule has 1 fully saturated rings. The lowest BCUT2D eigenvalue weighted by Gasteiger charge is -2.26. The number of likely N-dealkylation sites (tertiary alicyclic amines) is 1. The zero-order valence-corrected chi connectivity index (χ0v) is 17.3. The molecule has 1 unspecified atom stereocenters. The predicted molar refractivity (Wildman–Crippen MR) is 113 cm³/mol. The van der Waals surface area contributed by atoms with Crippen molar-refractivity contribution in [3.8, 4) is 0 Å². The molecular weight excluding hydrogens is 328 g/mol. The van der Waals surface area contributed by atoms with Crippen molar-refractivity contribution in [3.63, 3.8) is 0 Å². The lowest BCUT2D eigenvalue weighted by Crippen LogP contribution is -2.31. The van der Waals surface area contributed by atoms with Crippen LogP contribution in [0.25, 0.3) is 0 Å². The minimum atomic E-state index is 0.750. The maximum Gasteiger partial charge on any atom is 0.0888 e. The summed E-state index contributed by atoms with van der Waals surface area (Å²) < 4.78 is 0. The molecule has 1 aliphatic heterocycles. The van der Waals surface area contributed by atoms with Crippen molar-refractivity contribution in [2.45, 2.75) is 65.7 Å². The second-order valence-electron chi connectivity index (χ2n) is 6.77. The molecule has 4 heteroatoms. The first-order valence-corrected chi connectivity index (χ1v) is 10.9. The Hall–Kier alpha value is -1.00. The van der Waals surface area contributed by atoms with E-state index in [1.165, 1.54) is 69.6 Å². The van der Waals surface area contributed by atoms with Crippen molar-refractivity contribution in [2.75, 3.05) is 31.5 Å². The van der Waals surface area contributed by atoms with E-state index in [-0.39, 0.29) is 0 Å². The van der Waals surface area contributed by atoms with Crippen LogP contribution >= 0.6 is 11.3 Å². The molecule has 0 saturated carbocycles. The minimum Gasteiger partial charge on any atom is -0.516 e. The lowest BCUT2D eigenvalue weighted by molar-refractivity contribution is 0.228. The predicted octanol–water partition coefficient (Wildman–Crippen LogP) is 5.87. The standard InChI is InChI=1S/C17H28N2S.C2H4O.C2H6/c1-14-6-7-15-13-17(20-16(15)12-14)18-8-5-11-19-9-3-2-4-10-19;1-2-3;1-2/h13-14,18H,2-12H2,1H3;2-3H,1H2;1-2H3. The van der Waals surface area contributed by atoms with Gasteiger partial charge in [0.05, 0.1) is 11.3 Å².